The van der Waals surface area contributed by atoms with Gasteiger partial charge in [-0.05, 0) is 73.7 Å². The van der Waals surface area contributed by atoms with Gasteiger partial charge >= 0.3 is 5.97 Å². The molecule has 0 radical (unpaired) electrons. The highest BCUT2D eigenvalue weighted by Crippen LogP contribution is 2.23. The molecule has 186 valence electrons. The van der Waals surface area contributed by atoms with Crippen molar-refractivity contribution in [3.63, 3.8) is 0 Å². The van der Waals surface area contributed by atoms with Crippen molar-refractivity contribution in [2.75, 3.05) is 20.3 Å². The highest BCUT2D eigenvalue weighted by atomic mass is 79.9. The van der Waals surface area contributed by atoms with Gasteiger partial charge in [-0.2, -0.15) is 5.10 Å². The van der Waals surface area contributed by atoms with E-state index in [1.54, 1.807) is 66.7 Å². The predicted octanol–water partition coefficient (Wildman–Crippen LogP) is 3.96. The van der Waals surface area contributed by atoms with E-state index < -0.39 is 17.8 Å². The SMILES string of the molecule is CCOc1ccc(C(=O)NCC(=O)N/N=C/c2cc(Br)ccc2OC(=O)c2ccc(OC)cc2)cc1. The van der Waals surface area contributed by atoms with E-state index in [2.05, 4.69) is 31.8 Å². The number of hydrogen-bond donors (Lipinski definition) is 2. The van der Waals surface area contributed by atoms with Crippen molar-refractivity contribution in [3.05, 3.63) is 87.9 Å². The maximum absolute atomic E-state index is 12.5. The van der Waals surface area contributed by atoms with Crippen LogP contribution in [0.25, 0.3) is 0 Å². The summed E-state index contributed by atoms with van der Waals surface area (Å²) in [6.07, 6.45) is 1.34. The second-order valence-corrected chi connectivity index (χ2v) is 8.15. The first-order valence-electron chi connectivity index (χ1n) is 10.9. The summed E-state index contributed by atoms with van der Waals surface area (Å²) in [7, 11) is 1.54. The third kappa shape index (κ3) is 7.67. The van der Waals surface area contributed by atoms with E-state index >= 15 is 0 Å². The zero-order valence-electron chi connectivity index (χ0n) is 19.6. The van der Waals surface area contributed by atoms with Crippen LogP contribution in [0.4, 0.5) is 0 Å². The molecule has 10 heteroatoms. The van der Waals surface area contributed by atoms with Gasteiger partial charge in [0, 0.05) is 15.6 Å². The number of carbonyl (C=O) groups is 3. The van der Waals surface area contributed by atoms with E-state index in [4.69, 9.17) is 14.2 Å². The largest absolute Gasteiger partial charge is 0.497 e. The standard InChI is InChI=1S/C26H24BrN3O6/c1-3-35-22-11-4-17(5-12-22)25(32)28-16-24(31)30-29-15-19-14-20(27)8-13-23(19)36-26(33)18-6-9-21(34-2)10-7-18/h4-15H,3,16H2,1-2H3,(H,28,32)(H,30,31)/b29-15+. The number of esters is 1. The van der Waals surface area contributed by atoms with E-state index in [0.717, 1.165) is 4.47 Å². The summed E-state index contributed by atoms with van der Waals surface area (Å²) in [4.78, 5) is 36.8. The van der Waals surface area contributed by atoms with Crippen LogP contribution in [0.15, 0.2) is 76.3 Å². The normalized spacial score (nSPS) is 10.5. The van der Waals surface area contributed by atoms with Crippen LogP contribution < -0.4 is 25.0 Å². The average molecular weight is 554 g/mol. The quantitative estimate of drug-likeness (QED) is 0.170. The predicted molar refractivity (Wildman–Crippen MR) is 138 cm³/mol. The molecule has 0 saturated heterocycles. The number of ether oxygens (including phenoxy) is 3. The number of amides is 2. The fourth-order valence-corrected chi connectivity index (χ4v) is 3.32. The van der Waals surface area contributed by atoms with Gasteiger partial charge in [0.1, 0.15) is 17.2 Å². The molecule has 9 nitrogen and oxygen atoms in total. The molecule has 36 heavy (non-hydrogen) atoms. The van der Waals surface area contributed by atoms with Gasteiger partial charge in [0.15, 0.2) is 0 Å². The van der Waals surface area contributed by atoms with Gasteiger partial charge < -0.3 is 19.5 Å². The first-order chi connectivity index (χ1) is 17.4. The minimum absolute atomic E-state index is 0.251. The molecule has 0 fully saturated rings. The lowest BCUT2D eigenvalue weighted by molar-refractivity contribution is -0.120. The van der Waals surface area contributed by atoms with Gasteiger partial charge in [-0.15, -0.1) is 0 Å². The number of carbonyl (C=O) groups excluding carboxylic acids is 3. The Bertz CT molecular complexity index is 1240. The summed E-state index contributed by atoms with van der Waals surface area (Å²) in [5.41, 5.74) is 3.52. The van der Waals surface area contributed by atoms with Crippen LogP contribution in [0.1, 0.15) is 33.2 Å². The highest BCUT2D eigenvalue weighted by molar-refractivity contribution is 9.10. The number of nitrogens with one attached hydrogen (secondary N) is 2. The zero-order valence-corrected chi connectivity index (χ0v) is 21.2. The van der Waals surface area contributed by atoms with Crippen molar-refractivity contribution in [2.24, 2.45) is 5.10 Å². The van der Waals surface area contributed by atoms with E-state index in [9.17, 15) is 14.4 Å². The second kappa shape index (κ2) is 13.1. The Balaban J connectivity index is 1.56. The molecule has 0 bridgehead atoms. The summed E-state index contributed by atoms with van der Waals surface area (Å²) in [5.74, 6) is 0.0304. The van der Waals surface area contributed by atoms with Crippen molar-refractivity contribution in [2.45, 2.75) is 6.92 Å². The van der Waals surface area contributed by atoms with Gasteiger partial charge in [0.05, 0.1) is 32.0 Å². The molecule has 0 unspecified atom stereocenters. The molecule has 2 N–H and O–H groups in total. The van der Waals surface area contributed by atoms with Crippen molar-refractivity contribution in [1.29, 1.82) is 0 Å². The fraction of sp³-hybridized carbons (Fsp3) is 0.154. The minimum atomic E-state index is -0.560. The van der Waals surface area contributed by atoms with E-state index in [1.165, 1.54) is 13.3 Å². The molecule has 0 saturated carbocycles. The number of halogens is 1. The molecule has 3 rings (SSSR count). The van der Waals surface area contributed by atoms with Gasteiger partial charge in [-0.3, -0.25) is 9.59 Å². The van der Waals surface area contributed by atoms with Crippen LogP contribution in [-0.4, -0.2) is 44.3 Å². The molecule has 3 aromatic carbocycles. The Kier molecular flexibility index (Phi) is 9.58. The van der Waals surface area contributed by atoms with E-state index in [-0.39, 0.29) is 12.3 Å². The monoisotopic (exact) mass is 553 g/mol. The van der Waals surface area contributed by atoms with Crippen LogP contribution in [0.3, 0.4) is 0 Å². The molecular weight excluding hydrogens is 530 g/mol. The zero-order chi connectivity index (χ0) is 25.9. The molecule has 0 heterocycles. The van der Waals surface area contributed by atoms with Crippen LogP contribution in [0, 0.1) is 0 Å². The molecule has 0 atom stereocenters. The van der Waals surface area contributed by atoms with Gasteiger partial charge in [0.25, 0.3) is 11.8 Å². The first-order valence-corrected chi connectivity index (χ1v) is 11.7. The summed E-state index contributed by atoms with van der Waals surface area (Å²) < 4.78 is 16.7. The van der Waals surface area contributed by atoms with Crippen molar-refractivity contribution < 1.29 is 28.6 Å². The Morgan fingerprint density at radius 3 is 2.28 bits per heavy atom. The number of rotatable bonds is 10. The summed E-state index contributed by atoms with van der Waals surface area (Å²) in [5, 5.41) is 6.43. The molecule has 0 spiro atoms. The third-order valence-electron chi connectivity index (χ3n) is 4.73. The number of benzene rings is 3. The maximum atomic E-state index is 12.5. The number of nitrogens with zero attached hydrogens (tertiary/aromatic N) is 1. The molecule has 2 amide bonds. The Morgan fingerprint density at radius 2 is 1.61 bits per heavy atom. The van der Waals surface area contributed by atoms with Crippen molar-refractivity contribution in [3.8, 4) is 17.2 Å². The van der Waals surface area contributed by atoms with Crippen LogP contribution in [-0.2, 0) is 4.79 Å². The van der Waals surface area contributed by atoms with Crippen LogP contribution >= 0.6 is 15.9 Å². The Morgan fingerprint density at radius 1 is 0.944 bits per heavy atom. The molecule has 0 aliphatic heterocycles. The molecule has 3 aromatic rings. The van der Waals surface area contributed by atoms with Gasteiger partial charge in [-0.1, -0.05) is 15.9 Å². The smallest absolute Gasteiger partial charge is 0.343 e. The average Bonchev–Trinajstić information content (AvgIpc) is 2.89. The lowest BCUT2D eigenvalue weighted by Crippen LogP contribution is -2.34. The van der Waals surface area contributed by atoms with Crippen molar-refractivity contribution in [1.82, 2.24) is 10.7 Å². The van der Waals surface area contributed by atoms with Crippen molar-refractivity contribution >= 4 is 39.9 Å². The first kappa shape index (κ1) is 26.4. The number of hydrazone groups is 1. The Labute approximate surface area is 216 Å². The summed E-state index contributed by atoms with van der Waals surface area (Å²) in [6, 6.07) is 18.1. The second-order valence-electron chi connectivity index (χ2n) is 7.23. The third-order valence-corrected chi connectivity index (χ3v) is 5.22. The maximum Gasteiger partial charge on any atom is 0.343 e. The topological polar surface area (TPSA) is 115 Å². The minimum Gasteiger partial charge on any atom is -0.497 e. The summed E-state index contributed by atoms with van der Waals surface area (Å²) in [6.45, 7) is 2.12. The molecule has 0 aliphatic carbocycles. The fourth-order valence-electron chi connectivity index (χ4n) is 2.94. The highest BCUT2D eigenvalue weighted by Gasteiger charge is 2.12. The molecule has 0 aliphatic rings. The number of hydrogen-bond acceptors (Lipinski definition) is 7. The van der Waals surface area contributed by atoms with Gasteiger partial charge in [0.2, 0.25) is 0 Å². The molecule has 0 aromatic heterocycles. The van der Waals surface area contributed by atoms with Crippen LogP contribution in [0.5, 0.6) is 17.2 Å². The lowest BCUT2D eigenvalue weighted by Gasteiger charge is -2.09. The van der Waals surface area contributed by atoms with Gasteiger partial charge in [-0.25, -0.2) is 10.2 Å². The Hall–Kier alpha value is -4.18. The summed E-state index contributed by atoms with van der Waals surface area (Å²) >= 11 is 3.36. The molecular formula is C26H24BrN3O6. The van der Waals surface area contributed by atoms with E-state index in [1.807, 2.05) is 6.92 Å². The lowest BCUT2D eigenvalue weighted by atomic mass is 10.2. The van der Waals surface area contributed by atoms with E-state index in [0.29, 0.717) is 34.8 Å². The van der Waals surface area contributed by atoms with Crippen LogP contribution in [0.2, 0.25) is 0 Å². The number of methoxy groups -OCH3 is 1.